The summed E-state index contributed by atoms with van der Waals surface area (Å²) in [5.41, 5.74) is 0. The van der Waals surface area contributed by atoms with E-state index in [1.165, 1.54) is 199 Å². The molecule has 1 saturated heterocycles. The fraction of sp³-hybridized carbons (Fsp3) is 0.764. The van der Waals surface area contributed by atoms with Crippen LogP contribution in [0.1, 0.15) is 296 Å². The fourth-order valence-corrected chi connectivity index (χ4v) is 10.4. The van der Waals surface area contributed by atoms with Gasteiger partial charge in [0.1, 0.15) is 24.4 Å². The summed E-state index contributed by atoms with van der Waals surface area (Å²) in [5, 5.41) is 54.7. The quantitative estimate of drug-likeness (QED) is 0.0261. The highest BCUT2D eigenvalue weighted by Crippen LogP contribution is 2.23. The monoisotopic (exact) mass is 1130 g/mol. The summed E-state index contributed by atoms with van der Waals surface area (Å²) in [6.45, 7) is 3.68. The molecule has 468 valence electrons. The lowest BCUT2D eigenvalue weighted by Gasteiger charge is -2.40. The molecule has 81 heavy (non-hydrogen) atoms. The lowest BCUT2D eigenvalue weighted by molar-refractivity contribution is -0.302. The summed E-state index contributed by atoms with van der Waals surface area (Å²) >= 11 is 0. The summed E-state index contributed by atoms with van der Waals surface area (Å²) in [7, 11) is 0. The molecule has 0 aromatic heterocycles. The molecule has 1 fully saturated rings. The Bertz CT molecular complexity index is 1600. The number of aliphatic hydroxyl groups is 5. The van der Waals surface area contributed by atoms with Crippen LogP contribution in [-0.4, -0.2) is 87.5 Å². The topological polar surface area (TPSA) is 149 Å². The molecule has 0 bridgehead atoms. The van der Waals surface area contributed by atoms with E-state index in [0.29, 0.717) is 6.42 Å². The van der Waals surface area contributed by atoms with Crippen LogP contribution in [0.25, 0.3) is 0 Å². The van der Waals surface area contributed by atoms with E-state index in [1.807, 2.05) is 6.08 Å². The maximum Gasteiger partial charge on any atom is 0.220 e. The van der Waals surface area contributed by atoms with Crippen LogP contribution in [0.5, 0.6) is 0 Å². The second-order valence-electron chi connectivity index (χ2n) is 23.2. The Morgan fingerprint density at radius 2 is 0.778 bits per heavy atom. The van der Waals surface area contributed by atoms with Crippen molar-refractivity contribution < 1.29 is 39.8 Å². The third kappa shape index (κ3) is 49.1. The number of nitrogens with one attached hydrogen (secondary N) is 1. The Kier molecular flexibility index (Phi) is 56.6. The number of aliphatic hydroxyl groups excluding tert-OH is 5. The van der Waals surface area contributed by atoms with Crippen molar-refractivity contribution in [2.45, 2.75) is 339 Å². The van der Waals surface area contributed by atoms with E-state index in [-0.39, 0.29) is 12.5 Å². The maximum atomic E-state index is 13.1. The summed E-state index contributed by atoms with van der Waals surface area (Å²) in [6.07, 6.45) is 80.7. The fourth-order valence-electron chi connectivity index (χ4n) is 10.4. The van der Waals surface area contributed by atoms with Gasteiger partial charge in [-0.3, -0.25) is 4.79 Å². The van der Waals surface area contributed by atoms with Gasteiger partial charge in [0.05, 0.1) is 25.4 Å². The molecule has 0 aromatic carbocycles. The van der Waals surface area contributed by atoms with E-state index in [9.17, 15) is 30.3 Å². The molecule has 9 heteroatoms. The van der Waals surface area contributed by atoms with Crippen molar-refractivity contribution >= 4 is 5.91 Å². The normalized spacial score (nSPS) is 19.0. The zero-order valence-electron chi connectivity index (χ0n) is 52.3. The first-order valence-corrected chi connectivity index (χ1v) is 34.0. The third-order valence-corrected chi connectivity index (χ3v) is 15.6. The third-order valence-electron chi connectivity index (χ3n) is 15.6. The predicted molar refractivity (Wildman–Crippen MR) is 345 cm³/mol. The van der Waals surface area contributed by atoms with Gasteiger partial charge in [-0.15, -0.1) is 0 Å². The van der Waals surface area contributed by atoms with E-state index < -0.39 is 49.5 Å². The Hall–Kier alpha value is -2.89. The molecule has 1 rings (SSSR count). The van der Waals surface area contributed by atoms with Gasteiger partial charge < -0.3 is 40.3 Å². The van der Waals surface area contributed by atoms with E-state index >= 15 is 0 Å². The summed E-state index contributed by atoms with van der Waals surface area (Å²) in [5.74, 6) is -0.186. The molecule has 1 aliphatic rings. The molecule has 0 radical (unpaired) electrons. The van der Waals surface area contributed by atoms with Crippen LogP contribution in [0, 0.1) is 0 Å². The number of rotatable bonds is 58. The van der Waals surface area contributed by atoms with Gasteiger partial charge in [0.2, 0.25) is 5.91 Å². The molecule has 7 unspecified atom stereocenters. The number of ether oxygens (including phenoxy) is 2. The van der Waals surface area contributed by atoms with Crippen LogP contribution in [0.3, 0.4) is 0 Å². The number of carbonyl (C=O) groups excluding carboxylic acids is 1. The molecule has 1 amide bonds. The lowest BCUT2D eigenvalue weighted by atomic mass is 9.99. The Morgan fingerprint density at radius 3 is 1.19 bits per heavy atom. The number of hydrogen-bond acceptors (Lipinski definition) is 8. The SMILES string of the molecule is CC/C=C\C/C=C\C/C=C\C/C=C\C/C=C\C/C=C\CCCCCCCCCCCCCCCCCCC(=O)NC(COC1OC(CO)C(O)C(O)C1O)C(O)/C=C/CC/C=C/CCCCCCCCCCCCCCCCCCC. The molecule has 1 aliphatic heterocycles. The maximum absolute atomic E-state index is 13.1. The minimum Gasteiger partial charge on any atom is -0.394 e. The lowest BCUT2D eigenvalue weighted by Crippen LogP contribution is -2.60. The zero-order valence-corrected chi connectivity index (χ0v) is 52.3. The molecule has 1 heterocycles. The smallest absolute Gasteiger partial charge is 0.220 e. The molecule has 6 N–H and O–H groups in total. The first-order chi connectivity index (χ1) is 39.8. The van der Waals surface area contributed by atoms with Crippen LogP contribution < -0.4 is 5.32 Å². The summed E-state index contributed by atoms with van der Waals surface area (Å²) < 4.78 is 11.3. The van der Waals surface area contributed by atoms with Crippen LogP contribution in [0.2, 0.25) is 0 Å². The highest BCUT2D eigenvalue weighted by atomic mass is 16.7. The van der Waals surface area contributed by atoms with Gasteiger partial charge in [0.15, 0.2) is 6.29 Å². The van der Waals surface area contributed by atoms with Gasteiger partial charge in [-0.1, -0.05) is 304 Å². The van der Waals surface area contributed by atoms with Crippen LogP contribution in [0.15, 0.2) is 97.2 Å². The Labute approximate surface area is 498 Å². The van der Waals surface area contributed by atoms with Gasteiger partial charge >= 0.3 is 0 Å². The van der Waals surface area contributed by atoms with Crippen molar-refractivity contribution in [1.29, 1.82) is 0 Å². The molecule has 0 aliphatic carbocycles. The molecular formula is C72H127NO8. The molecule has 9 nitrogen and oxygen atoms in total. The second kappa shape index (κ2) is 60.2. The molecule has 0 aromatic rings. The molecule has 0 saturated carbocycles. The summed E-state index contributed by atoms with van der Waals surface area (Å²) in [4.78, 5) is 13.1. The number of hydrogen-bond donors (Lipinski definition) is 6. The van der Waals surface area contributed by atoms with Crippen molar-refractivity contribution in [3.05, 3.63) is 97.2 Å². The zero-order chi connectivity index (χ0) is 58.6. The van der Waals surface area contributed by atoms with Gasteiger partial charge in [-0.2, -0.15) is 0 Å². The van der Waals surface area contributed by atoms with E-state index in [2.05, 4.69) is 104 Å². The Morgan fingerprint density at radius 1 is 0.432 bits per heavy atom. The number of amides is 1. The van der Waals surface area contributed by atoms with Crippen LogP contribution in [-0.2, 0) is 14.3 Å². The van der Waals surface area contributed by atoms with Gasteiger partial charge in [-0.25, -0.2) is 0 Å². The van der Waals surface area contributed by atoms with E-state index in [4.69, 9.17) is 9.47 Å². The second-order valence-corrected chi connectivity index (χ2v) is 23.2. The predicted octanol–water partition coefficient (Wildman–Crippen LogP) is 18.3. The largest absolute Gasteiger partial charge is 0.394 e. The standard InChI is InChI=1S/C72H127NO8/c1-3-5-7-9-11-13-15-17-19-21-23-25-27-28-29-30-31-32-33-34-35-36-37-38-40-42-44-46-48-50-52-54-56-58-60-62-68(76)73-65(64-80-72-71(79)70(78)69(77)67(63-74)81-72)66(75)61-59-57-55-53-51-49-47-45-43-41-39-26-24-22-20-18-16-14-12-10-8-6-4-2/h5,7,11,13,17,19,23,25,28-29,31-32,51,53,59,61,65-67,69-72,74-75,77-79H,3-4,6,8-10,12,14-16,18,20-22,24,26-27,30,33-50,52,54-58,60,62-64H2,1-2H3,(H,73,76)/b7-5-,13-11-,19-17-,25-23-,29-28-,32-31-,53-51+,61-59+. The average molecular weight is 1130 g/mol. The highest BCUT2D eigenvalue weighted by molar-refractivity contribution is 5.76. The van der Waals surface area contributed by atoms with Crippen molar-refractivity contribution in [3.63, 3.8) is 0 Å². The summed E-state index contributed by atoms with van der Waals surface area (Å²) in [6, 6.07) is -0.827. The molecule has 0 spiro atoms. The number of unbranched alkanes of at least 4 members (excludes halogenated alkanes) is 34. The van der Waals surface area contributed by atoms with Crippen LogP contribution >= 0.6 is 0 Å². The molecular weight excluding hydrogens is 1010 g/mol. The van der Waals surface area contributed by atoms with Gasteiger partial charge in [0, 0.05) is 6.42 Å². The van der Waals surface area contributed by atoms with Crippen molar-refractivity contribution in [1.82, 2.24) is 5.32 Å². The Balaban J connectivity index is 2.15. The van der Waals surface area contributed by atoms with Crippen molar-refractivity contribution in [2.24, 2.45) is 0 Å². The van der Waals surface area contributed by atoms with Crippen molar-refractivity contribution in [3.8, 4) is 0 Å². The van der Waals surface area contributed by atoms with Crippen LogP contribution in [0.4, 0.5) is 0 Å². The minimum absolute atomic E-state index is 0.186. The number of carbonyl (C=O) groups is 1. The molecule has 7 atom stereocenters. The van der Waals surface area contributed by atoms with Gasteiger partial charge in [0.25, 0.3) is 0 Å². The highest BCUT2D eigenvalue weighted by Gasteiger charge is 2.44. The van der Waals surface area contributed by atoms with Gasteiger partial charge in [-0.05, 0) is 83.5 Å². The van der Waals surface area contributed by atoms with Crippen molar-refractivity contribution in [2.75, 3.05) is 13.2 Å². The first kappa shape index (κ1) is 76.1. The minimum atomic E-state index is -1.58. The van der Waals surface area contributed by atoms with E-state index in [0.717, 1.165) is 77.0 Å². The average Bonchev–Trinajstić information content (AvgIpc) is 3.48. The number of allylic oxidation sites excluding steroid dienone is 15. The van der Waals surface area contributed by atoms with E-state index in [1.54, 1.807) is 6.08 Å². The first-order valence-electron chi connectivity index (χ1n) is 34.0.